The van der Waals surface area contributed by atoms with Gasteiger partial charge in [-0.1, -0.05) is 30.3 Å². The lowest BCUT2D eigenvalue weighted by atomic mass is 9.94. The van der Waals surface area contributed by atoms with Crippen LogP contribution in [0.25, 0.3) is 0 Å². The fraction of sp³-hybridized carbons (Fsp3) is 0.520. The number of ether oxygens (including phenoxy) is 1. The van der Waals surface area contributed by atoms with Crippen molar-refractivity contribution in [3.63, 3.8) is 0 Å². The molecule has 0 bridgehead atoms. The van der Waals surface area contributed by atoms with Gasteiger partial charge in [-0.15, -0.1) is 0 Å². The molecule has 3 heterocycles. The number of benzene rings is 1. The lowest BCUT2D eigenvalue weighted by Crippen LogP contribution is -2.51. The van der Waals surface area contributed by atoms with E-state index in [-0.39, 0.29) is 23.8 Å². The highest BCUT2D eigenvalue weighted by Crippen LogP contribution is 2.24. The van der Waals surface area contributed by atoms with Gasteiger partial charge in [-0.05, 0) is 31.4 Å². The zero-order valence-corrected chi connectivity index (χ0v) is 18.8. The van der Waals surface area contributed by atoms with E-state index in [1.54, 1.807) is 6.07 Å². The zero-order valence-electron chi connectivity index (χ0n) is 18.8. The summed E-state index contributed by atoms with van der Waals surface area (Å²) >= 11 is 0. The predicted molar refractivity (Wildman–Crippen MR) is 121 cm³/mol. The van der Waals surface area contributed by atoms with Gasteiger partial charge in [0.2, 0.25) is 5.91 Å². The van der Waals surface area contributed by atoms with Crippen molar-refractivity contribution in [3.05, 3.63) is 60.1 Å². The summed E-state index contributed by atoms with van der Waals surface area (Å²) in [5.41, 5.74) is 1.71. The molecule has 0 radical (unpaired) electrons. The van der Waals surface area contributed by atoms with E-state index in [0.29, 0.717) is 38.0 Å². The molecular weight excluding hydrogens is 406 g/mol. The van der Waals surface area contributed by atoms with E-state index in [0.717, 1.165) is 38.4 Å². The fourth-order valence-electron chi connectivity index (χ4n) is 4.62. The highest BCUT2D eigenvalue weighted by atomic mass is 16.5. The molecule has 1 aromatic carbocycles. The third-order valence-corrected chi connectivity index (χ3v) is 6.54. The topological polar surface area (TPSA) is 66.2 Å². The first kappa shape index (κ1) is 22.6. The standard InChI is InChI=1S/C25H33N3O4/c1-20(17-26-12-15-31-16-13-26)28(18-21-5-3-2-4-6-21)25(30)22-7-10-27(11-8-22)24(29)23-9-14-32-19-23/h2-6,9,14,19-20,22H,7-8,10-13,15-18H2,1H3. The Hall–Kier alpha value is -2.64. The normalized spacial score (nSPS) is 19.0. The first-order valence-corrected chi connectivity index (χ1v) is 11.6. The molecule has 1 unspecified atom stereocenters. The molecule has 2 aromatic rings. The van der Waals surface area contributed by atoms with Crippen LogP contribution in [0.1, 0.15) is 35.7 Å². The molecule has 7 nitrogen and oxygen atoms in total. The molecule has 0 spiro atoms. The molecule has 0 saturated carbocycles. The van der Waals surface area contributed by atoms with Crippen LogP contribution in [0.4, 0.5) is 0 Å². The Kier molecular flexibility index (Phi) is 7.60. The van der Waals surface area contributed by atoms with Crippen molar-refractivity contribution in [1.82, 2.24) is 14.7 Å². The Morgan fingerprint density at radius 1 is 1.06 bits per heavy atom. The Labute approximate surface area is 189 Å². The van der Waals surface area contributed by atoms with E-state index in [9.17, 15) is 9.59 Å². The largest absolute Gasteiger partial charge is 0.472 e. The molecule has 2 saturated heterocycles. The number of likely N-dealkylation sites (tertiary alicyclic amines) is 1. The van der Waals surface area contributed by atoms with E-state index in [1.807, 2.05) is 28.0 Å². The van der Waals surface area contributed by atoms with E-state index in [2.05, 4.69) is 24.0 Å². The van der Waals surface area contributed by atoms with Gasteiger partial charge in [0.1, 0.15) is 6.26 Å². The second-order valence-electron chi connectivity index (χ2n) is 8.79. The van der Waals surface area contributed by atoms with E-state index in [1.165, 1.54) is 12.5 Å². The van der Waals surface area contributed by atoms with Gasteiger partial charge in [0, 0.05) is 51.2 Å². The van der Waals surface area contributed by atoms with Crippen molar-refractivity contribution in [3.8, 4) is 0 Å². The molecule has 0 aliphatic carbocycles. The minimum Gasteiger partial charge on any atom is -0.472 e. The molecule has 1 atom stereocenters. The average molecular weight is 440 g/mol. The van der Waals surface area contributed by atoms with Crippen molar-refractivity contribution in [2.45, 2.75) is 32.4 Å². The molecule has 4 rings (SSSR count). The minimum absolute atomic E-state index is 0.0218. The molecule has 32 heavy (non-hydrogen) atoms. The molecule has 172 valence electrons. The summed E-state index contributed by atoms with van der Waals surface area (Å²) in [6.45, 7) is 8.12. The van der Waals surface area contributed by atoms with Crippen LogP contribution in [-0.2, 0) is 16.1 Å². The smallest absolute Gasteiger partial charge is 0.257 e. The third kappa shape index (κ3) is 5.58. The maximum Gasteiger partial charge on any atom is 0.257 e. The summed E-state index contributed by atoms with van der Waals surface area (Å²) in [6.07, 6.45) is 4.38. The molecular formula is C25H33N3O4. The number of rotatable bonds is 7. The number of carbonyl (C=O) groups is 2. The second kappa shape index (κ2) is 10.8. The van der Waals surface area contributed by atoms with Gasteiger partial charge in [-0.3, -0.25) is 14.5 Å². The Bertz CT molecular complexity index is 857. The average Bonchev–Trinajstić information content (AvgIpc) is 3.38. The van der Waals surface area contributed by atoms with Crippen LogP contribution in [0.3, 0.4) is 0 Å². The highest BCUT2D eigenvalue weighted by molar-refractivity contribution is 5.94. The third-order valence-electron chi connectivity index (χ3n) is 6.54. The van der Waals surface area contributed by atoms with E-state index >= 15 is 0 Å². The SMILES string of the molecule is CC(CN1CCOCC1)N(Cc1ccccc1)C(=O)C1CCN(C(=O)c2ccoc2)CC1. The molecule has 2 amide bonds. The zero-order chi connectivity index (χ0) is 22.3. The van der Waals surface area contributed by atoms with Gasteiger partial charge >= 0.3 is 0 Å². The van der Waals surface area contributed by atoms with Gasteiger partial charge in [0.25, 0.3) is 5.91 Å². The van der Waals surface area contributed by atoms with Gasteiger partial charge < -0.3 is 19.0 Å². The van der Waals surface area contributed by atoms with Gasteiger partial charge in [-0.25, -0.2) is 0 Å². The molecule has 7 heteroatoms. The number of carbonyl (C=O) groups excluding carboxylic acids is 2. The number of nitrogens with zero attached hydrogens (tertiary/aromatic N) is 3. The van der Waals surface area contributed by atoms with Gasteiger partial charge in [0.05, 0.1) is 25.0 Å². The molecule has 2 fully saturated rings. The van der Waals surface area contributed by atoms with Crippen LogP contribution in [0, 0.1) is 5.92 Å². The number of amides is 2. The first-order chi connectivity index (χ1) is 15.6. The molecule has 0 N–H and O–H groups in total. The number of piperidine rings is 1. The quantitative estimate of drug-likeness (QED) is 0.664. The molecule has 2 aliphatic heterocycles. The number of morpholine rings is 1. The molecule has 1 aromatic heterocycles. The number of furan rings is 1. The summed E-state index contributed by atoms with van der Waals surface area (Å²) < 4.78 is 10.5. The second-order valence-corrected chi connectivity index (χ2v) is 8.79. The van der Waals surface area contributed by atoms with Crippen LogP contribution >= 0.6 is 0 Å². The number of hydrogen-bond acceptors (Lipinski definition) is 5. The van der Waals surface area contributed by atoms with Crippen LogP contribution in [0.5, 0.6) is 0 Å². The first-order valence-electron chi connectivity index (χ1n) is 11.6. The molecule has 2 aliphatic rings. The van der Waals surface area contributed by atoms with Crippen LogP contribution in [0.15, 0.2) is 53.3 Å². The summed E-state index contributed by atoms with van der Waals surface area (Å²) in [4.78, 5) is 32.5. The van der Waals surface area contributed by atoms with Crippen LogP contribution in [-0.4, -0.2) is 78.5 Å². The van der Waals surface area contributed by atoms with Crippen molar-refractivity contribution in [1.29, 1.82) is 0 Å². The summed E-state index contributed by atoms with van der Waals surface area (Å²) in [5, 5.41) is 0. The maximum atomic E-state index is 13.7. The predicted octanol–water partition coefficient (Wildman–Crippen LogP) is 2.88. The lowest BCUT2D eigenvalue weighted by Gasteiger charge is -2.39. The fourth-order valence-corrected chi connectivity index (χ4v) is 4.62. The monoisotopic (exact) mass is 439 g/mol. The van der Waals surface area contributed by atoms with Crippen LogP contribution in [0.2, 0.25) is 0 Å². The van der Waals surface area contributed by atoms with Crippen molar-refractivity contribution >= 4 is 11.8 Å². The maximum absolute atomic E-state index is 13.7. The minimum atomic E-state index is -0.0562. The Balaban J connectivity index is 1.40. The van der Waals surface area contributed by atoms with E-state index in [4.69, 9.17) is 9.15 Å². The lowest BCUT2D eigenvalue weighted by molar-refractivity contribution is -0.140. The number of hydrogen-bond donors (Lipinski definition) is 0. The highest BCUT2D eigenvalue weighted by Gasteiger charge is 2.33. The summed E-state index contributed by atoms with van der Waals surface area (Å²) in [6, 6.07) is 12.0. The Morgan fingerprint density at radius 3 is 2.44 bits per heavy atom. The Morgan fingerprint density at radius 2 is 1.78 bits per heavy atom. The summed E-state index contributed by atoms with van der Waals surface area (Å²) in [7, 11) is 0. The van der Waals surface area contributed by atoms with Crippen molar-refractivity contribution in [2.24, 2.45) is 5.92 Å². The van der Waals surface area contributed by atoms with E-state index < -0.39 is 0 Å². The van der Waals surface area contributed by atoms with Gasteiger partial charge in [-0.2, -0.15) is 0 Å². The van der Waals surface area contributed by atoms with Gasteiger partial charge in [0.15, 0.2) is 0 Å². The van der Waals surface area contributed by atoms with Crippen molar-refractivity contribution in [2.75, 3.05) is 45.9 Å². The van der Waals surface area contributed by atoms with Crippen molar-refractivity contribution < 1.29 is 18.7 Å². The van der Waals surface area contributed by atoms with Crippen LogP contribution < -0.4 is 0 Å². The summed E-state index contributed by atoms with van der Waals surface area (Å²) in [5.74, 6) is 0.121.